The monoisotopic (exact) mass is 420 g/mol. The first-order valence-corrected chi connectivity index (χ1v) is 8.45. The zero-order valence-electron chi connectivity index (χ0n) is 10.3. The topological polar surface area (TPSA) is 61.3 Å². The number of nitrogens with zero attached hydrogens (tertiary/aromatic N) is 2. The molecular formula is C12H11Br2N2O3P. The molecule has 2 aromatic heterocycles. The minimum atomic E-state index is -2.53. The van der Waals surface area contributed by atoms with Gasteiger partial charge in [0.1, 0.15) is 9.21 Å². The van der Waals surface area contributed by atoms with Crippen molar-refractivity contribution < 1.29 is 13.6 Å². The molecule has 0 radical (unpaired) electrons. The highest BCUT2D eigenvalue weighted by Gasteiger charge is 2.03. The minimum Gasteiger partial charge on any atom is -0.306 e. The summed E-state index contributed by atoms with van der Waals surface area (Å²) < 4.78 is 23.4. The van der Waals surface area contributed by atoms with E-state index in [0.717, 1.165) is 20.3 Å². The molecule has 8 heteroatoms. The van der Waals surface area contributed by atoms with Gasteiger partial charge in [0.05, 0.1) is 13.2 Å². The van der Waals surface area contributed by atoms with Crippen LogP contribution < -0.4 is 0 Å². The predicted molar refractivity (Wildman–Crippen MR) is 82.5 cm³/mol. The Morgan fingerprint density at radius 3 is 1.70 bits per heavy atom. The summed E-state index contributed by atoms with van der Waals surface area (Å²) in [5.41, 5.74) is 1.67. The van der Waals surface area contributed by atoms with E-state index in [0.29, 0.717) is 0 Å². The predicted octanol–water partition coefficient (Wildman–Crippen LogP) is 4.12. The number of hydrogen-bond acceptors (Lipinski definition) is 5. The Balaban J connectivity index is 1.75. The molecule has 0 fully saturated rings. The third kappa shape index (κ3) is 5.42. The van der Waals surface area contributed by atoms with Gasteiger partial charge in [-0.2, -0.15) is 0 Å². The van der Waals surface area contributed by atoms with Crippen molar-refractivity contribution in [3.05, 3.63) is 57.0 Å². The molecule has 0 aliphatic carbocycles. The summed E-state index contributed by atoms with van der Waals surface area (Å²) in [6.07, 6.45) is 3.30. The first kappa shape index (κ1) is 15.8. The summed E-state index contributed by atoms with van der Waals surface area (Å²) in [7, 11) is -2.53. The first-order valence-electron chi connectivity index (χ1n) is 5.64. The van der Waals surface area contributed by atoms with Gasteiger partial charge in [-0.05, 0) is 55.1 Å². The highest BCUT2D eigenvalue weighted by atomic mass is 79.9. The lowest BCUT2D eigenvalue weighted by Gasteiger charge is -2.06. The van der Waals surface area contributed by atoms with Crippen LogP contribution in [0.2, 0.25) is 0 Å². The fourth-order valence-corrected chi connectivity index (χ4v) is 2.43. The van der Waals surface area contributed by atoms with Gasteiger partial charge in [-0.3, -0.25) is 4.57 Å². The van der Waals surface area contributed by atoms with Crippen molar-refractivity contribution >= 4 is 40.1 Å². The fourth-order valence-electron chi connectivity index (χ4n) is 1.31. The van der Waals surface area contributed by atoms with E-state index in [1.165, 1.54) is 0 Å². The van der Waals surface area contributed by atoms with Gasteiger partial charge < -0.3 is 9.05 Å². The standard InChI is InChI=1S/C12H11Br2N2O3P/c13-11-3-1-9(5-15-11)7-18-20(17)19-8-10-2-4-12(14)16-6-10/h1-6,20H,7-8H2. The normalized spacial score (nSPS) is 10.9. The summed E-state index contributed by atoms with van der Waals surface area (Å²) in [6.45, 7) is 0.410. The number of rotatable bonds is 6. The largest absolute Gasteiger partial charge is 0.319 e. The zero-order valence-corrected chi connectivity index (χ0v) is 14.4. The second-order valence-electron chi connectivity index (χ2n) is 3.81. The number of pyridine rings is 2. The van der Waals surface area contributed by atoms with Crippen LogP contribution in [-0.2, 0) is 26.8 Å². The lowest BCUT2D eigenvalue weighted by molar-refractivity contribution is 0.212. The molecule has 0 N–H and O–H groups in total. The SMILES string of the molecule is O=[PH](OCc1ccc(Br)nc1)OCc1ccc(Br)nc1. The van der Waals surface area contributed by atoms with Gasteiger partial charge in [0.15, 0.2) is 0 Å². The molecule has 20 heavy (non-hydrogen) atoms. The molecule has 0 aliphatic rings. The minimum absolute atomic E-state index is 0.205. The smallest absolute Gasteiger partial charge is 0.306 e. The molecule has 0 unspecified atom stereocenters. The summed E-state index contributed by atoms with van der Waals surface area (Å²) in [5.74, 6) is 0. The van der Waals surface area contributed by atoms with Crippen molar-refractivity contribution in [3.8, 4) is 0 Å². The Labute approximate surface area is 133 Å². The lowest BCUT2D eigenvalue weighted by atomic mass is 10.3. The maximum absolute atomic E-state index is 11.6. The summed E-state index contributed by atoms with van der Waals surface area (Å²) in [4.78, 5) is 8.10. The van der Waals surface area contributed by atoms with Crippen LogP contribution in [0, 0.1) is 0 Å². The van der Waals surface area contributed by atoms with Crippen LogP contribution >= 0.6 is 40.1 Å². The van der Waals surface area contributed by atoms with Crippen LogP contribution in [0.1, 0.15) is 11.1 Å². The molecule has 2 aromatic rings. The van der Waals surface area contributed by atoms with Crippen LogP contribution in [0.25, 0.3) is 0 Å². The van der Waals surface area contributed by atoms with Gasteiger partial charge in [0.2, 0.25) is 0 Å². The Kier molecular flexibility index (Phi) is 6.32. The van der Waals surface area contributed by atoms with Crippen LogP contribution in [0.5, 0.6) is 0 Å². The Bertz CT molecular complexity index is 527. The van der Waals surface area contributed by atoms with Crippen molar-refractivity contribution in [2.45, 2.75) is 13.2 Å². The van der Waals surface area contributed by atoms with Crippen LogP contribution in [0.15, 0.2) is 45.9 Å². The van der Waals surface area contributed by atoms with Crippen molar-refractivity contribution in [2.75, 3.05) is 0 Å². The van der Waals surface area contributed by atoms with Gasteiger partial charge in [-0.15, -0.1) is 0 Å². The van der Waals surface area contributed by atoms with Crippen molar-refractivity contribution in [2.24, 2.45) is 0 Å². The van der Waals surface area contributed by atoms with Crippen molar-refractivity contribution in [1.82, 2.24) is 9.97 Å². The highest BCUT2D eigenvalue weighted by Crippen LogP contribution is 2.27. The number of aromatic nitrogens is 2. The van der Waals surface area contributed by atoms with E-state index in [4.69, 9.17) is 9.05 Å². The molecule has 0 bridgehead atoms. The van der Waals surface area contributed by atoms with Crippen molar-refractivity contribution in [1.29, 1.82) is 0 Å². The molecule has 0 spiro atoms. The van der Waals surface area contributed by atoms with Crippen molar-refractivity contribution in [3.63, 3.8) is 0 Å². The van der Waals surface area contributed by atoms with E-state index in [1.807, 2.05) is 12.1 Å². The Morgan fingerprint density at radius 2 is 1.35 bits per heavy atom. The molecule has 2 rings (SSSR count). The summed E-state index contributed by atoms with van der Waals surface area (Å²) in [5, 5.41) is 0. The second kappa shape index (κ2) is 8.00. The molecule has 0 atom stereocenters. The van der Waals surface area contributed by atoms with Crippen LogP contribution in [-0.4, -0.2) is 9.97 Å². The molecule has 0 aromatic carbocycles. The molecule has 106 valence electrons. The molecule has 0 amide bonds. The lowest BCUT2D eigenvalue weighted by Crippen LogP contribution is -1.91. The molecule has 0 aliphatic heterocycles. The van der Waals surface area contributed by atoms with Gasteiger partial charge in [-0.1, -0.05) is 12.1 Å². The maximum atomic E-state index is 11.6. The van der Waals surface area contributed by atoms with E-state index >= 15 is 0 Å². The number of halogens is 2. The van der Waals surface area contributed by atoms with E-state index in [1.54, 1.807) is 24.5 Å². The second-order valence-corrected chi connectivity index (χ2v) is 6.51. The summed E-state index contributed by atoms with van der Waals surface area (Å²) >= 11 is 6.48. The van der Waals surface area contributed by atoms with Crippen LogP contribution in [0.3, 0.4) is 0 Å². The van der Waals surface area contributed by atoms with E-state index in [9.17, 15) is 4.57 Å². The number of hydrogen-bond donors (Lipinski definition) is 0. The van der Waals surface area contributed by atoms with Crippen LogP contribution in [0.4, 0.5) is 0 Å². The Hall–Kier alpha value is -0.590. The van der Waals surface area contributed by atoms with E-state index in [2.05, 4.69) is 41.8 Å². The fraction of sp³-hybridized carbons (Fsp3) is 0.167. The maximum Gasteiger partial charge on any atom is 0.319 e. The average Bonchev–Trinajstić information content (AvgIpc) is 2.46. The zero-order chi connectivity index (χ0) is 14.4. The summed E-state index contributed by atoms with van der Waals surface area (Å²) in [6, 6.07) is 7.27. The third-order valence-corrected chi connectivity index (χ3v) is 3.99. The average molecular weight is 422 g/mol. The van der Waals surface area contributed by atoms with Gasteiger partial charge in [0.25, 0.3) is 0 Å². The van der Waals surface area contributed by atoms with E-state index < -0.39 is 8.25 Å². The van der Waals surface area contributed by atoms with Gasteiger partial charge in [-0.25, -0.2) is 9.97 Å². The third-order valence-electron chi connectivity index (χ3n) is 2.29. The first-order chi connectivity index (χ1) is 9.63. The quantitative estimate of drug-likeness (QED) is 0.518. The molecule has 0 saturated carbocycles. The molecule has 0 saturated heterocycles. The van der Waals surface area contributed by atoms with Gasteiger partial charge >= 0.3 is 8.25 Å². The molecule has 5 nitrogen and oxygen atoms in total. The highest BCUT2D eigenvalue weighted by molar-refractivity contribution is 9.10. The molecular weight excluding hydrogens is 411 g/mol. The van der Waals surface area contributed by atoms with Gasteiger partial charge in [0, 0.05) is 12.4 Å². The molecule has 2 heterocycles. The Morgan fingerprint density at radius 1 is 0.900 bits per heavy atom. The van der Waals surface area contributed by atoms with E-state index in [-0.39, 0.29) is 13.2 Å².